The van der Waals surface area contributed by atoms with Crippen LogP contribution < -0.4 is 20.5 Å². The fourth-order valence-electron chi connectivity index (χ4n) is 4.07. The van der Waals surface area contributed by atoms with Crippen molar-refractivity contribution in [2.45, 2.75) is 25.3 Å². The van der Waals surface area contributed by atoms with Gasteiger partial charge < -0.3 is 20.5 Å². The molecule has 5 nitrogen and oxygen atoms in total. The highest BCUT2D eigenvalue weighted by atomic mass is 16.6. The molecule has 1 aromatic carbocycles. The summed E-state index contributed by atoms with van der Waals surface area (Å²) in [5.74, 6) is 2.42. The Kier molecular flexibility index (Phi) is 3.03. The van der Waals surface area contributed by atoms with E-state index in [1.54, 1.807) is 0 Å². The van der Waals surface area contributed by atoms with Gasteiger partial charge in [0.1, 0.15) is 13.2 Å². The maximum atomic E-state index is 12.5. The number of hydrogen-bond acceptors (Lipinski definition) is 4. The summed E-state index contributed by atoms with van der Waals surface area (Å²) >= 11 is 0. The number of anilines is 1. The predicted molar refractivity (Wildman–Crippen MR) is 78.4 cm³/mol. The number of nitrogens with two attached hydrogens (primary N) is 1. The minimum Gasteiger partial charge on any atom is -0.486 e. The molecule has 2 bridgehead atoms. The molecular formula is C16H20N2O3. The fraction of sp³-hybridized carbons (Fsp3) is 0.562. The average molecular weight is 288 g/mol. The first kappa shape index (κ1) is 13.0. The van der Waals surface area contributed by atoms with Crippen LogP contribution in [0.4, 0.5) is 5.69 Å². The number of ether oxygens (including phenoxy) is 2. The van der Waals surface area contributed by atoms with E-state index in [1.807, 2.05) is 18.2 Å². The molecule has 0 spiro atoms. The Morgan fingerprint density at radius 1 is 1.14 bits per heavy atom. The number of fused-ring (bicyclic) bond motifs is 3. The molecule has 3 N–H and O–H groups in total. The molecule has 2 fully saturated rings. The highest BCUT2D eigenvalue weighted by molar-refractivity contribution is 5.94. The Bertz CT molecular complexity index is 573. The van der Waals surface area contributed by atoms with Crippen molar-refractivity contribution in [2.24, 2.45) is 23.5 Å². The van der Waals surface area contributed by atoms with E-state index in [-0.39, 0.29) is 17.9 Å². The van der Waals surface area contributed by atoms with Crippen LogP contribution in [0, 0.1) is 17.8 Å². The van der Waals surface area contributed by atoms with Crippen molar-refractivity contribution in [1.29, 1.82) is 0 Å². The largest absolute Gasteiger partial charge is 0.486 e. The first-order valence-electron chi connectivity index (χ1n) is 7.68. The molecule has 1 aromatic rings. The molecule has 0 saturated heterocycles. The number of amides is 1. The first-order valence-corrected chi connectivity index (χ1v) is 7.68. The lowest BCUT2D eigenvalue weighted by Crippen LogP contribution is -2.42. The Balaban J connectivity index is 1.49. The zero-order chi connectivity index (χ0) is 14.4. The first-order chi connectivity index (χ1) is 10.2. The highest BCUT2D eigenvalue weighted by Crippen LogP contribution is 2.48. The lowest BCUT2D eigenvalue weighted by Gasteiger charge is -2.27. The molecule has 0 radical (unpaired) electrons. The van der Waals surface area contributed by atoms with E-state index in [0.717, 1.165) is 24.3 Å². The van der Waals surface area contributed by atoms with Gasteiger partial charge in [0.15, 0.2) is 11.5 Å². The Hall–Kier alpha value is -1.75. The van der Waals surface area contributed by atoms with Crippen LogP contribution in [0.15, 0.2) is 18.2 Å². The van der Waals surface area contributed by atoms with Crippen molar-refractivity contribution in [3.05, 3.63) is 18.2 Å². The third-order valence-electron chi connectivity index (χ3n) is 5.09. The molecule has 1 heterocycles. The number of nitrogens with one attached hydrogen (secondary N) is 1. The summed E-state index contributed by atoms with van der Waals surface area (Å²) in [5.41, 5.74) is 6.97. The summed E-state index contributed by atoms with van der Waals surface area (Å²) in [4.78, 5) is 12.5. The van der Waals surface area contributed by atoms with Crippen LogP contribution in [-0.4, -0.2) is 25.2 Å². The van der Waals surface area contributed by atoms with Crippen molar-refractivity contribution < 1.29 is 14.3 Å². The van der Waals surface area contributed by atoms with E-state index in [1.165, 1.54) is 6.42 Å². The van der Waals surface area contributed by atoms with E-state index < -0.39 is 0 Å². The van der Waals surface area contributed by atoms with Crippen LogP contribution in [0.1, 0.15) is 19.3 Å². The monoisotopic (exact) mass is 288 g/mol. The maximum Gasteiger partial charge on any atom is 0.229 e. The van der Waals surface area contributed by atoms with Crippen LogP contribution in [0.2, 0.25) is 0 Å². The zero-order valence-electron chi connectivity index (χ0n) is 11.9. The molecular weight excluding hydrogens is 268 g/mol. The predicted octanol–water partition coefficient (Wildman–Crippen LogP) is 1.77. The topological polar surface area (TPSA) is 73.6 Å². The van der Waals surface area contributed by atoms with Gasteiger partial charge in [-0.2, -0.15) is 0 Å². The fourth-order valence-corrected chi connectivity index (χ4v) is 4.07. The van der Waals surface area contributed by atoms with Crippen LogP contribution in [-0.2, 0) is 4.79 Å². The minimum absolute atomic E-state index is 0.0148. The normalized spacial score (nSPS) is 33.0. The second-order valence-electron chi connectivity index (χ2n) is 6.28. The minimum atomic E-state index is -0.0445. The number of carbonyl (C=O) groups excluding carboxylic acids is 1. The van der Waals surface area contributed by atoms with Gasteiger partial charge in [-0.05, 0) is 43.2 Å². The number of hydrogen-bond donors (Lipinski definition) is 2. The lowest BCUT2D eigenvalue weighted by atomic mass is 9.84. The van der Waals surface area contributed by atoms with Crippen molar-refractivity contribution in [2.75, 3.05) is 18.5 Å². The molecule has 4 unspecified atom stereocenters. The third-order valence-corrected chi connectivity index (χ3v) is 5.09. The van der Waals surface area contributed by atoms with Gasteiger partial charge in [0, 0.05) is 17.8 Å². The Morgan fingerprint density at radius 2 is 1.90 bits per heavy atom. The van der Waals surface area contributed by atoms with Gasteiger partial charge in [0.25, 0.3) is 0 Å². The summed E-state index contributed by atoms with van der Waals surface area (Å²) in [6.45, 7) is 1.11. The number of carbonyl (C=O) groups is 1. The van der Waals surface area contributed by atoms with Crippen LogP contribution >= 0.6 is 0 Å². The van der Waals surface area contributed by atoms with E-state index in [4.69, 9.17) is 15.2 Å². The Morgan fingerprint density at radius 3 is 2.67 bits per heavy atom. The third kappa shape index (κ3) is 2.16. The molecule has 21 heavy (non-hydrogen) atoms. The molecule has 5 heteroatoms. The molecule has 112 valence electrons. The maximum absolute atomic E-state index is 12.5. The van der Waals surface area contributed by atoms with Crippen LogP contribution in [0.25, 0.3) is 0 Å². The molecule has 1 amide bonds. The van der Waals surface area contributed by atoms with Crippen molar-refractivity contribution >= 4 is 11.6 Å². The molecule has 3 aliphatic rings. The SMILES string of the molecule is NC1C2CCC(C2)C1C(=O)Nc1ccc2c(c1)OCCO2. The number of rotatable bonds is 2. The van der Waals surface area contributed by atoms with Gasteiger partial charge in [0.05, 0.1) is 5.92 Å². The average Bonchev–Trinajstić information content (AvgIpc) is 3.08. The molecule has 4 atom stereocenters. The van der Waals surface area contributed by atoms with Gasteiger partial charge in [-0.25, -0.2) is 0 Å². The van der Waals surface area contributed by atoms with E-state index in [2.05, 4.69) is 5.32 Å². The van der Waals surface area contributed by atoms with Gasteiger partial charge in [-0.3, -0.25) is 4.79 Å². The van der Waals surface area contributed by atoms with E-state index in [9.17, 15) is 4.79 Å². The van der Waals surface area contributed by atoms with Crippen LogP contribution in [0.5, 0.6) is 11.5 Å². The van der Waals surface area contributed by atoms with E-state index >= 15 is 0 Å². The second kappa shape index (κ2) is 4.91. The summed E-state index contributed by atoms with van der Waals surface area (Å²) in [6, 6.07) is 5.53. The van der Waals surface area contributed by atoms with Crippen LogP contribution in [0.3, 0.4) is 0 Å². The second-order valence-corrected chi connectivity index (χ2v) is 6.28. The molecule has 4 rings (SSSR count). The Labute approximate surface area is 123 Å². The summed E-state index contributed by atoms with van der Waals surface area (Å²) in [6.07, 6.45) is 3.43. The van der Waals surface area contributed by atoms with Gasteiger partial charge in [0.2, 0.25) is 5.91 Å². The van der Waals surface area contributed by atoms with Crippen molar-refractivity contribution in [1.82, 2.24) is 0 Å². The molecule has 0 aromatic heterocycles. The van der Waals surface area contributed by atoms with Gasteiger partial charge in [-0.15, -0.1) is 0 Å². The smallest absolute Gasteiger partial charge is 0.229 e. The van der Waals surface area contributed by atoms with Crippen molar-refractivity contribution in [3.8, 4) is 11.5 Å². The molecule has 1 aliphatic heterocycles. The van der Waals surface area contributed by atoms with Gasteiger partial charge in [-0.1, -0.05) is 0 Å². The standard InChI is InChI=1S/C16H20N2O3/c17-15-10-2-1-9(7-10)14(15)16(19)18-11-3-4-12-13(8-11)21-6-5-20-12/h3-4,8-10,14-15H,1-2,5-7,17H2,(H,18,19). The van der Waals surface area contributed by atoms with Gasteiger partial charge >= 0.3 is 0 Å². The molecule has 2 aliphatic carbocycles. The quantitative estimate of drug-likeness (QED) is 0.870. The summed E-state index contributed by atoms with van der Waals surface area (Å²) in [7, 11) is 0. The van der Waals surface area contributed by atoms with Crippen molar-refractivity contribution in [3.63, 3.8) is 0 Å². The molecule has 2 saturated carbocycles. The zero-order valence-corrected chi connectivity index (χ0v) is 11.9. The highest BCUT2D eigenvalue weighted by Gasteiger charge is 2.49. The summed E-state index contributed by atoms with van der Waals surface area (Å²) < 4.78 is 11.0. The number of benzene rings is 1. The lowest BCUT2D eigenvalue weighted by molar-refractivity contribution is -0.121. The summed E-state index contributed by atoms with van der Waals surface area (Å²) in [5, 5.41) is 2.99. The van der Waals surface area contributed by atoms with E-state index in [0.29, 0.717) is 30.8 Å².